The van der Waals surface area contributed by atoms with Crippen molar-refractivity contribution >= 4 is 5.91 Å². The van der Waals surface area contributed by atoms with Crippen LogP contribution in [0.2, 0.25) is 0 Å². The standard InChI is InChI=1S/C9H18N2O.C3H8/c1-7(2)6-8(9(11)12)4-3-5-10;1-3-2/h3-4,7-8H,5-6,10H2,1-2H3,(H2,11,12);3H2,1-2H3/b4-3+;/t8-;/m0./s1. The minimum Gasteiger partial charge on any atom is -0.369 e. The fourth-order valence-electron chi connectivity index (χ4n) is 1.04. The zero-order valence-corrected chi connectivity index (χ0v) is 10.5. The highest BCUT2D eigenvalue weighted by Gasteiger charge is 2.12. The molecule has 0 aliphatic carbocycles. The second-order valence-corrected chi connectivity index (χ2v) is 4.01. The molecule has 0 radical (unpaired) electrons. The van der Waals surface area contributed by atoms with Gasteiger partial charge in [0.1, 0.15) is 0 Å². The van der Waals surface area contributed by atoms with Gasteiger partial charge in [-0.05, 0) is 12.3 Å². The van der Waals surface area contributed by atoms with Gasteiger partial charge in [-0.1, -0.05) is 46.3 Å². The number of carbonyl (C=O) groups excluding carboxylic acids is 1. The number of hydrogen-bond donors (Lipinski definition) is 2. The van der Waals surface area contributed by atoms with Gasteiger partial charge >= 0.3 is 0 Å². The molecular weight excluding hydrogens is 188 g/mol. The first-order chi connectivity index (χ1) is 6.99. The smallest absolute Gasteiger partial charge is 0.224 e. The fraction of sp³-hybridized carbons (Fsp3) is 0.750. The summed E-state index contributed by atoms with van der Waals surface area (Å²) in [5.74, 6) is 0.0480. The highest BCUT2D eigenvalue weighted by Crippen LogP contribution is 2.12. The van der Waals surface area contributed by atoms with Crippen LogP contribution in [0, 0.1) is 11.8 Å². The molecule has 90 valence electrons. The van der Waals surface area contributed by atoms with E-state index in [1.165, 1.54) is 6.42 Å². The molecule has 15 heavy (non-hydrogen) atoms. The Balaban J connectivity index is 0. The minimum atomic E-state index is -0.270. The van der Waals surface area contributed by atoms with Gasteiger partial charge in [0.15, 0.2) is 0 Å². The number of carbonyl (C=O) groups is 1. The van der Waals surface area contributed by atoms with Gasteiger partial charge < -0.3 is 11.5 Å². The molecule has 0 fully saturated rings. The summed E-state index contributed by atoms with van der Waals surface area (Å²) in [6.07, 6.45) is 5.62. The van der Waals surface area contributed by atoms with Crippen molar-refractivity contribution in [1.29, 1.82) is 0 Å². The first kappa shape index (κ1) is 16.6. The van der Waals surface area contributed by atoms with Crippen molar-refractivity contribution in [2.45, 2.75) is 40.5 Å². The van der Waals surface area contributed by atoms with Crippen LogP contribution in [0.1, 0.15) is 40.5 Å². The van der Waals surface area contributed by atoms with Gasteiger partial charge in [-0.2, -0.15) is 0 Å². The lowest BCUT2D eigenvalue weighted by Gasteiger charge is -2.10. The third-order valence-corrected chi connectivity index (χ3v) is 1.60. The maximum Gasteiger partial charge on any atom is 0.224 e. The maximum atomic E-state index is 10.9. The summed E-state index contributed by atoms with van der Waals surface area (Å²) in [5, 5.41) is 0. The summed E-state index contributed by atoms with van der Waals surface area (Å²) >= 11 is 0. The average Bonchev–Trinajstić information content (AvgIpc) is 2.12. The summed E-state index contributed by atoms with van der Waals surface area (Å²) in [6.45, 7) is 8.83. The van der Waals surface area contributed by atoms with E-state index >= 15 is 0 Å². The molecule has 0 aliphatic rings. The van der Waals surface area contributed by atoms with Crippen molar-refractivity contribution in [2.24, 2.45) is 23.3 Å². The van der Waals surface area contributed by atoms with Gasteiger partial charge in [0.25, 0.3) is 0 Å². The number of nitrogens with two attached hydrogens (primary N) is 2. The van der Waals surface area contributed by atoms with E-state index in [1.54, 1.807) is 12.2 Å². The molecule has 0 saturated heterocycles. The lowest BCUT2D eigenvalue weighted by molar-refractivity contribution is -0.120. The first-order valence-corrected chi connectivity index (χ1v) is 5.65. The third-order valence-electron chi connectivity index (χ3n) is 1.60. The maximum absolute atomic E-state index is 10.9. The number of primary amides is 1. The summed E-state index contributed by atoms with van der Waals surface area (Å²) < 4.78 is 0. The van der Waals surface area contributed by atoms with E-state index in [2.05, 4.69) is 27.7 Å². The zero-order valence-electron chi connectivity index (χ0n) is 10.5. The van der Waals surface area contributed by atoms with E-state index in [0.29, 0.717) is 12.5 Å². The summed E-state index contributed by atoms with van der Waals surface area (Å²) in [5.41, 5.74) is 10.5. The molecule has 0 saturated carbocycles. The van der Waals surface area contributed by atoms with Crippen LogP contribution >= 0.6 is 0 Å². The molecule has 0 aromatic heterocycles. The monoisotopic (exact) mass is 214 g/mol. The van der Waals surface area contributed by atoms with Crippen molar-refractivity contribution in [3.63, 3.8) is 0 Å². The predicted molar refractivity (Wildman–Crippen MR) is 66.3 cm³/mol. The van der Waals surface area contributed by atoms with Crippen molar-refractivity contribution in [3.8, 4) is 0 Å². The van der Waals surface area contributed by atoms with E-state index in [4.69, 9.17) is 11.5 Å². The van der Waals surface area contributed by atoms with Gasteiger partial charge in [-0.15, -0.1) is 0 Å². The Morgan fingerprint density at radius 1 is 1.33 bits per heavy atom. The van der Waals surface area contributed by atoms with Crippen molar-refractivity contribution in [2.75, 3.05) is 6.54 Å². The van der Waals surface area contributed by atoms with Crippen LogP contribution in [0.4, 0.5) is 0 Å². The van der Waals surface area contributed by atoms with E-state index in [0.717, 1.165) is 6.42 Å². The fourth-order valence-corrected chi connectivity index (χ4v) is 1.04. The molecule has 4 N–H and O–H groups in total. The summed E-state index contributed by atoms with van der Waals surface area (Å²) in [6, 6.07) is 0. The molecule has 0 aliphatic heterocycles. The van der Waals surface area contributed by atoms with Gasteiger partial charge in [-0.3, -0.25) is 4.79 Å². The molecule has 0 heterocycles. The molecule has 0 unspecified atom stereocenters. The van der Waals surface area contributed by atoms with Gasteiger partial charge in [0.05, 0.1) is 5.92 Å². The Labute approximate surface area is 93.9 Å². The average molecular weight is 214 g/mol. The number of rotatable bonds is 5. The van der Waals surface area contributed by atoms with E-state index in [9.17, 15) is 4.79 Å². The summed E-state index contributed by atoms with van der Waals surface area (Å²) in [7, 11) is 0. The Bertz CT molecular complexity index is 176. The highest BCUT2D eigenvalue weighted by atomic mass is 16.1. The summed E-state index contributed by atoms with van der Waals surface area (Å²) in [4.78, 5) is 10.9. The number of hydrogen-bond acceptors (Lipinski definition) is 2. The molecular formula is C12H26N2O. The van der Waals surface area contributed by atoms with Crippen LogP contribution in [0.3, 0.4) is 0 Å². The van der Waals surface area contributed by atoms with E-state index < -0.39 is 0 Å². The van der Waals surface area contributed by atoms with Gasteiger partial charge in [-0.25, -0.2) is 0 Å². The first-order valence-electron chi connectivity index (χ1n) is 5.65. The normalized spacial score (nSPS) is 12.4. The second-order valence-electron chi connectivity index (χ2n) is 4.01. The predicted octanol–water partition coefficient (Wildman–Crippen LogP) is 2.07. The Morgan fingerprint density at radius 3 is 2.07 bits per heavy atom. The van der Waals surface area contributed by atoms with Gasteiger partial charge in [0.2, 0.25) is 5.91 Å². The van der Waals surface area contributed by atoms with Crippen molar-refractivity contribution in [3.05, 3.63) is 12.2 Å². The van der Waals surface area contributed by atoms with Crippen LogP contribution in [0.25, 0.3) is 0 Å². The quantitative estimate of drug-likeness (QED) is 0.688. The van der Waals surface area contributed by atoms with Crippen LogP contribution < -0.4 is 11.5 Å². The molecule has 0 aromatic carbocycles. The second kappa shape index (κ2) is 11.2. The molecule has 3 heteroatoms. The lowest BCUT2D eigenvalue weighted by Crippen LogP contribution is -2.23. The third kappa shape index (κ3) is 13.2. The molecule has 1 amide bonds. The van der Waals surface area contributed by atoms with E-state index in [-0.39, 0.29) is 11.8 Å². The van der Waals surface area contributed by atoms with Crippen molar-refractivity contribution in [1.82, 2.24) is 0 Å². The van der Waals surface area contributed by atoms with Crippen molar-refractivity contribution < 1.29 is 4.79 Å². The van der Waals surface area contributed by atoms with Gasteiger partial charge in [0, 0.05) is 6.54 Å². The lowest BCUT2D eigenvalue weighted by atomic mass is 9.96. The van der Waals surface area contributed by atoms with E-state index in [1.807, 2.05) is 0 Å². The Morgan fingerprint density at radius 2 is 1.80 bits per heavy atom. The molecule has 0 spiro atoms. The topological polar surface area (TPSA) is 69.1 Å². The molecule has 3 nitrogen and oxygen atoms in total. The highest BCUT2D eigenvalue weighted by molar-refractivity contribution is 5.78. The molecule has 0 rings (SSSR count). The van der Waals surface area contributed by atoms with Crippen LogP contribution in [-0.2, 0) is 4.79 Å². The number of amides is 1. The largest absolute Gasteiger partial charge is 0.369 e. The minimum absolute atomic E-state index is 0.159. The zero-order chi connectivity index (χ0) is 12.3. The molecule has 0 bridgehead atoms. The van der Waals surface area contributed by atoms with Crippen LogP contribution in [0.15, 0.2) is 12.2 Å². The Kier molecular flexibility index (Phi) is 12.4. The molecule has 0 aromatic rings. The van der Waals surface area contributed by atoms with Crippen LogP contribution in [0.5, 0.6) is 0 Å². The molecule has 1 atom stereocenters. The van der Waals surface area contributed by atoms with Crippen LogP contribution in [-0.4, -0.2) is 12.5 Å². The SMILES string of the molecule is CC(C)C[C@H](/C=C/CN)C(N)=O.CCC. The Hall–Kier alpha value is -0.830.